The number of phenols is 1. The van der Waals surface area contributed by atoms with Gasteiger partial charge in [0, 0.05) is 56.2 Å². The topological polar surface area (TPSA) is 104 Å². The monoisotopic (exact) mass is 646 g/mol. The summed E-state index contributed by atoms with van der Waals surface area (Å²) in [5, 5.41) is 15.0. The first-order chi connectivity index (χ1) is 22.7. The molecule has 0 saturated carbocycles. The molecule has 4 saturated heterocycles. The molecule has 2 aromatic carbocycles. The highest BCUT2D eigenvalue weighted by Crippen LogP contribution is 2.43. The molecule has 1 unspecified atom stereocenters. The molecule has 8 rings (SSSR count). The number of nitrogens with zero attached hydrogens (tertiary/aromatic N) is 5. The molecule has 12 heteroatoms. The number of ether oxygens (including phenoxy) is 1. The summed E-state index contributed by atoms with van der Waals surface area (Å²) in [7, 11) is 0. The Balaban J connectivity index is 1.27. The molecule has 0 bridgehead atoms. The maximum Gasteiger partial charge on any atom is 0.319 e. The van der Waals surface area contributed by atoms with Gasteiger partial charge in [-0.2, -0.15) is 9.97 Å². The molecule has 6 heterocycles. The van der Waals surface area contributed by atoms with Gasteiger partial charge >= 0.3 is 6.01 Å². The fraction of sp³-hybridized carbons (Fsp3) is 0.486. The van der Waals surface area contributed by atoms with Crippen molar-refractivity contribution in [3.8, 4) is 23.0 Å². The highest BCUT2D eigenvalue weighted by molar-refractivity contribution is 6.01. The zero-order chi connectivity index (χ0) is 32.5. The van der Waals surface area contributed by atoms with Gasteiger partial charge in [0.05, 0.1) is 10.9 Å². The SMILES string of the molecule is CCc1c(F)ccc2cc(O)cc(-c3ncc4c(N5CCCC6(CNC(=O)C6)C5)nc(OC[C@@]56CCCN5C[C@H](F)C6)nc4c3F)c12. The third kappa shape index (κ3) is 5.03. The van der Waals surface area contributed by atoms with Crippen molar-refractivity contribution in [2.45, 2.75) is 63.6 Å². The summed E-state index contributed by atoms with van der Waals surface area (Å²) in [5.74, 6) is -0.793. The zero-order valence-electron chi connectivity index (χ0n) is 26.3. The summed E-state index contributed by atoms with van der Waals surface area (Å²) in [4.78, 5) is 30.4. The van der Waals surface area contributed by atoms with Crippen molar-refractivity contribution in [2.75, 3.05) is 44.2 Å². The van der Waals surface area contributed by atoms with Crippen molar-refractivity contribution >= 4 is 33.4 Å². The van der Waals surface area contributed by atoms with Crippen LogP contribution in [0.4, 0.5) is 19.0 Å². The van der Waals surface area contributed by atoms with Gasteiger partial charge < -0.3 is 20.1 Å². The highest BCUT2D eigenvalue weighted by atomic mass is 19.1. The van der Waals surface area contributed by atoms with Gasteiger partial charge in [-0.1, -0.05) is 13.0 Å². The lowest BCUT2D eigenvalue weighted by Gasteiger charge is -2.40. The second-order valence-electron chi connectivity index (χ2n) is 13.8. The van der Waals surface area contributed by atoms with Gasteiger partial charge in [0.15, 0.2) is 5.82 Å². The molecule has 4 fully saturated rings. The lowest BCUT2D eigenvalue weighted by Crippen LogP contribution is -2.45. The number of aromatic nitrogens is 3. The summed E-state index contributed by atoms with van der Waals surface area (Å²) in [6, 6.07) is 5.81. The summed E-state index contributed by atoms with van der Waals surface area (Å²) in [5.41, 5.74) is -0.155. The highest BCUT2D eigenvalue weighted by Gasteiger charge is 2.49. The van der Waals surface area contributed by atoms with Crippen molar-refractivity contribution in [2.24, 2.45) is 5.41 Å². The van der Waals surface area contributed by atoms with Gasteiger partial charge in [0.1, 0.15) is 41.4 Å². The Hall–Kier alpha value is -4.19. The van der Waals surface area contributed by atoms with Crippen LogP contribution in [-0.2, 0) is 11.2 Å². The quantitative estimate of drug-likeness (QED) is 0.285. The summed E-state index contributed by atoms with van der Waals surface area (Å²) >= 11 is 0. The number of benzene rings is 2. The average Bonchev–Trinajstić information content (AvgIpc) is 3.71. The standard InChI is InChI=1S/C35H37F3N6O3/c1-2-23-26(37)6-5-20-11-22(45)12-24(28(20)23)30-29(38)31-25(15-39-30)32(43-9-3-7-34(18-43)14-27(46)40-17-34)42-33(41-31)47-19-35-8-4-10-44(35)16-21(36)13-35/h5-6,11-12,15,21,45H,2-4,7-10,13-14,16-19H2,1H3,(H,40,46)/t21-,34?,35+/m1/s1. The first-order valence-electron chi connectivity index (χ1n) is 16.5. The lowest BCUT2D eigenvalue weighted by atomic mass is 9.79. The van der Waals surface area contributed by atoms with E-state index in [4.69, 9.17) is 9.72 Å². The summed E-state index contributed by atoms with van der Waals surface area (Å²) in [6.45, 7) is 4.92. The van der Waals surface area contributed by atoms with Crippen LogP contribution < -0.4 is 15.0 Å². The number of pyridine rings is 1. The molecule has 3 atom stereocenters. The minimum Gasteiger partial charge on any atom is -0.508 e. The summed E-state index contributed by atoms with van der Waals surface area (Å²) < 4.78 is 52.7. The first kappa shape index (κ1) is 30.2. The molecule has 4 aliphatic heterocycles. The molecule has 4 aliphatic rings. The number of hydrogen-bond donors (Lipinski definition) is 2. The minimum absolute atomic E-state index is 0.0169. The van der Waals surface area contributed by atoms with Gasteiger partial charge in [-0.05, 0) is 73.2 Å². The van der Waals surface area contributed by atoms with Crippen LogP contribution in [0.2, 0.25) is 0 Å². The Morgan fingerprint density at radius 1 is 1.15 bits per heavy atom. The Morgan fingerprint density at radius 3 is 2.81 bits per heavy atom. The number of nitrogens with one attached hydrogen (secondary N) is 1. The Labute approximate surface area is 270 Å². The predicted molar refractivity (Wildman–Crippen MR) is 171 cm³/mol. The third-order valence-corrected chi connectivity index (χ3v) is 10.8. The normalized spacial score (nSPS) is 26.1. The Kier molecular flexibility index (Phi) is 7.19. The number of fused-ring (bicyclic) bond motifs is 3. The van der Waals surface area contributed by atoms with E-state index in [-0.39, 0.29) is 46.5 Å². The van der Waals surface area contributed by atoms with Crippen molar-refractivity contribution < 1.29 is 27.8 Å². The molecule has 4 aromatic rings. The van der Waals surface area contributed by atoms with Crippen LogP contribution in [0.15, 0.2) is 30.5 Å². The van der Waals surface area contributed by atoms with Gasteiger partial charge in [0.25, 0.3) is 0 Å². The van der Waals surface area contributed by atoms with Crippen LogP contribution >= 0.6 is 0 Å². The van der Waals surface area contributed by atoms with Crippen LogP contribution in [0.25, 0.3) is 32.9 Å². The van der Waals surface area contributed by atoms with Gasteiger partial charge in [-0.3, -0.25) is 14.7 Å². The molecule has 246 valence electrons. The largest absolute Gasteiger partial charge is 0.508 e. The van der Waals surface area contributed by atoms with Crippen LogP contribution in [0.1, 0.15) is 51.0 Å². The molecule has 0 radical (unpaired) electrons. The van der Waals surface area contributed by atoms with Crippen LogP contribution in [0.5, 0.6) is 11.8 Å². The van der Waals surface area contributed by atoms with Crippen LogP contribution in [0, 0.1) is 17.0 Å². The maximum atomic E-state index is 16.9. The van der Waals surface area contributed by atoms with E-state index < -0.39 is 23.3 Å². The van der Waals surface area contributed by atoms with E-state index >= 15 is 4.39 Å². The number of phenolic OH excluding ortho intramolecular Hbond substituents is 1. The van der Waals surface area contributed by atoms with E-state index in [0.717, 1.165) is 32.2 Å². The Bertz CT molecular complexity index is 1930. The number of anilines is 1. The van der Waals surface area contributed by atoms with Crippen molar-refractivity contribution in [1.29, 1.82) is 0 Å². The number of amides is 1. The molecular weight excluding hydrogens is 609 g/mol. The molecule has 1 spiro atoms. The number of alkyl halides is 1. The second kappa shape index (κ2) is 11.2. The van der Waals surface area contributed by atoms with Gasteiger partial charge in [-0.15, -0.1) is 0 Å². The Morgan fingerprint density at radius 2 is 2.00 bits per heavy atom. The molecular formula is C35H37F3N6O3. The van der Waals surface area contributed by atoms with E-state index in [9.17, 15) is 18.7 Å². The number of rotatable bonds is 6. The molecule has 2 aromatic heterocycles. The molecule has 1 amide bonds. The van der Waals surface area contributed by atoms with E-state index in [1.54, 1.807) is 6.07 Å². The van der Waals surface area contributed by atoms with Gasteiger partial charge in [-0.25, -0.2) is 13.2 Å². The second-order valence-corrected chi connectivity index (χ2v) is 13.8. The predicted octanol–water partition coefficient (Wildman–Crippen LogP) is 5.45. The number of carbonyl (C=O) groups excluding carboxylic acids is 1. The van der Waals surface area contributed by atoms with Crippen molar-refractivity contribution in [3.05, 3.63) is 47.7 Å². The number of piperidine rings is 1. The molecule has 0 aliphatic carbocycles. The van der Waals surface area contributed by atoms with E-state index in [1.165, 1.54) is 24.4 Å². The number of halogens is 3. The van der Waals surface area contributed by atoms with E-state index in [2.05, 4.69) is 25.1 Å². The molecule has 47 heavy (non-hydrogen) atoms. The first-order valence-corrected chi connectivity index (χ1v) is 16.5. The fourth-order valence-electron chi connectivity index (χ4n) is 8.62. The minimum atomic E-state index is -0.930. The third-order valence-electron chi connectivity index (χ3n) is 10.8. The maximum absolute atomic E-state index is 16.9. The summed E-state index contributed by atoms with van der Waals surface area (Å²) in [6.07, 6.45) is 5.18. The van der Waals surface area contributed by atoms with Crippen molar-refractivity contribution in [3.63, 3.8) is 0 Å². The van der Waals surface area contributed by atoms with Crippen LogP contribution in [0.3, 0.4) is 0 Å². The zero-order valence-corrected chi connectivity index (χ0v) is 26.3. The molecule has 9 nitrogen and oxygen atoms in total. The van der Waals surface area contributed by atoms with Crippen molar-refractivity contribution in [1.82, 2.24) is 25.2 Å². The van der Waals surface area contributed by atoms with E-state index in [1.807, 2.05) is 6.92 Å². The number of carbonyl (C=O) groups is 1. The molecule has 2 N–H and O–H groups in total. The van der Waals surface area contributed by atoms with Crippen LogP contribution in [-0.4, -0.2) is 81.9 Å². The van der Waals surface area contributed by atoms with Gasteiger partial charge in [0.2, 0.25) is 5.91 Å². The smallest absolute Gasteiger partial charge is 0.319 e. The number of hydrogen-bond acceptors (Lipinski definition) is 8. The number of aryl methyl sites for hydroxylation is 1. The van der Waals surface area contributed by atoms with E-state index in [0.29, 0.717) is 73.0 Å². The number of aromatic hydroxyl groups is 1. The lowest BCUT2D eigenvalue weighted by molar-refractivity contribution is -0.119. The fourth-order valence-corrected chi connectivity index (χ4v) is 8.62. The average molecular weight is 647 g/mol.